The Morgan fingerprint density at radius 2 is 2.33 bits per heavy atom. The van der Waals surface area contributed by atoms with Crippen molar-refractivity contribution < 1.29 is 0 Å². The minimum absolute atomic E-state index is 0.484. The van der Waals surface area contributed by atoms with Gasteiger partial charge in [-0.15, -0.1) is 0 Å². The van der Waals surface area contributed by atoms with Crippen LogP contribution in [0.2, 0.25) is 5.02 Å². The number of rotatable bonds is 4. The topological polar surface area (TPSA) is 27.0 Å². The normalized spacial score (nSPS) is 9.40. The Balaban J connectivity index is 3.00. The first-order chi connectivity index (χ1) is 7.22. The highest BCUT2D eigenvalue weighted by molar-refractivity contribution is 6.32. The number of benzene rings is 1. The van der Waals surface area contributed by atoms with E-state index in [9.17, 15) is 0 Å². The molecular weight excluding hydrogens is 208 g/mol. The highest BCUT2D eigenvalue weighted by Gasteiger charge is 2.05. The third kappa shape index (κ3) is 2.74. The van der Waals surface area contributed by atoms with Crippen LogP contribution in [0.1, 0.15) is 18.9 Å². The minimum atomic E-state index is 0.484. The van der Waals surface area contributed by atoms with Gasteiger partial charge in [0.25, 0.3) is 0 Å². The molecule has 0 saturated carbocycles. The average molecular weight is 221 g/mol. The van der Waals surface area contributed by atoms with Gasteiger partial charge < -0.3 is 4.90 Å². The molecule has 0 unspecified atom stereocenters. The zero-order valence-electron chi connectivity index (χ0n) is 8.70. The first kappa shape index (κ1) is 11.6. The molecule has 0 atom stereocenters. The second-order valence-electron chi connectivity index (χ2n) is 3.15. The number of halogens is 1. The van der Waals surface area contributed by atoms with Gasteiger partial charge in [-0.1, -0.05) is 25.1 Å². The van der Waals surface area contributed by atoms with E-state index in [4.69, 9.17) is 16.9 Å². The summed E-state index contributed by atoms with van der Waals surface area (Å²) >= 11 is 5.95. The SMILES string of the molecule is C=CN(CCC)c1ccc(C#N)c(Cl)c1. The Hall–Kier alpha value is -1.46. The van der Waals surface area contributed by atoms with Gasteiger partial charge in [-0.3, -0.25) is 0 Å². The molecule has 1 rings (SSSR count). The smallest absolute Gasteiger partial charge is 0.101 e. The Morgan fingerprint density at radius 3 is 2.80 bits per heavy atom. The van der Waals surface area contributed by atoms with Crippen LogP contribution in [0.3, 0.4) is 0 Å². The zero-order valence-corrected chi connectivity index (χ0v) is 9.46. The van der Waals surface area contributed by atoms with Crippen molar-refractivity contribution in [1.29, 1.82) is 5.26 Å². The second kappa shape index (κ2) is 5.43. The van der Waals surface area contributed by atoms with Crippen molar-refractivity contribution in [2.24, 2.45) is 0 Å². The first-order valence-corrected chi connectivity index (χ1v) is 5.19. The summed E-state index contributed by atoms with van der Waals surface area (Å²) in [7, 11) is 0. The highest BCUT2D eigenvalue weighted by atomic mass is 35.5. The monoisotopic (exact) mass is 220 g/mol. The van der Waals surface area contributed by atoms with Gasteiger partial charge in [-0.05, 0) is 30.8 Å². The average Bonchev–Trinajstić information content (AvgIpc) is 2.25. The molecule has 2 nitrogen and oxygen atoms in total. The first-order valence-electron chi connectivity index (χ1n) is 4.81. The van der Waals surface area contributed by atoms with E-state index in [-0.39, 0.29) is 0 Å². The van der Waals surface area contributed by atoms with Crippen LogP contribution in [0.25, 0.3) is 0 Å². The maximum Gasteiger partial charge on any atom is 0.101 e. The predicted molar refractivity (Wildman–Crippen MR) is 64.0 cm³/mol. The molecule has 0 aliphatic heterocycles. The maximum absolute atomic E-state index is 8.74. The molecule has 15 heavy (non-hydrogen) atoms. The lowest BCUT2D eigenvalue weighted by molar-refractivity contribution is 0.881. The van der Waals surface area contributed by atoms with Crippen LogP contribution >= 0.6 is 11.6 Å². The van der Waals surface area contributed by atoms with Crippen molar-refractivity contribution in [2.75, 3.05) is 11.4 Å². The van der Waals surface area contributed by atoms with Crippen molar-refractivity contribution in [3.05, 3.63) is 41.6 Å². The Kier molecular flexibility index (Phi) is 4.20. The van der Waals surface area contributed by atoms with E-state index in [2.05, 4.69) is 13.5 Å². The van der Waals surface area contributed by atoms with E-state index in [0.717, 1.165) is 18.7 Å². The van der Waals surface area contributed by atoms with Gasteiger partial charge in [0.1, 0.15) is 6.07 Å². The molecule has 0 radical (unpaired) electrons. The number of nitriles is 1. The summed E-state index contributed by atoms with van der Waals surface area (Å²) in [5, 5.41) is 9.22. The van der Waals surface area contributed by atoms with E-state index in [0.29, 0.717) is 10.6 Å². The van der Waals surface area contributed by atoms with Crippen LogP contribution in [-0.2, 0) is 0 Å². The van der Waals surface area contributed by atoms with Gasteiger partial charge >= 0.3 is 0 Å². The van der Waals surface area contributed by atoms with Crippen molar-refractivity contribution >= 4 is 17.3 Å². The molecule has 1 aromatic rings. The van der Waals surface area contributed by atoms with Crippen LogP contribution < -0.4 is 4.90 Å². The number of anilines is 1. The third-order valence-electron chi connectivity index (χ3n) is 2.09. The molecule has 1 aromatic carbocycles. The standard InChI is InChI=1S/C12H13ClN2/c1-3-7-15(4-2)11-6-5-10(9-14)12(13)8-11/h4-6,8H,2-3,7H2,1H3. The fourth-order valence-corrected chi connectivity index (χ4v) is 1.56. The van der Waals surface area contributed by atoms with Crippen molar-refractivity contribution in [2.45, 2.75) is 13.3 Å². The van der Waals surface area contributed by atoms with Crippen molar-refractivity contribution in [3.63, 3.8) is 0 Å². The van der Waals surface area contributed by atoms with Crippen LogP contribution in [0, 0.1) is 11.3 Å². The summed E-state index contributed by atoms with van der Waals surface area (Å²) in [6, 6.07) is 7.43. The largest absolute Gasteiger partial charge is 0.349 e. The van der Waals surface area contributed by atoms with Crippen LogP contribution in [0.15, 0.2) is 31.0 Å². The second-order valence-corrected chi connectivity index (χ2v) is 3.56. The third-order valence-corrected chi connectivity index (χ3v) is 2.40. The molecule has 3 heteroatoms. The van der Waals surface area contributed by atoms with Gasteiger partial charge in [0.15, 0.2) is 0 Å². The van der Waals surface area contributed by atoms with Crippen molar-refractivity contribution in [3.8, 4) is 6.07 Å². The molecule has 78 valence electrons. The van der Waals surface area contributed by atoms with Gasteiger partial charge in [0, 0.05) is 12.2 Å². The van der Waals surface area contributed by atoms with Gasteiger partial charge in [-0.25, -0.2) is 0 Å². The zero-order chi connectivity index (χ0) is 11.3. The van der Waals surface area contributed by atoms with E-state index in [1.165, 1.54) is 0 Å². The van der Waals surface area contributed by atoms with E-state index >= 15 is 0 Å². The molecule has 0 bridgehead atoms. The van der Waals surface area contributed by atoms with Crippen LogP contribution in [0.5, 0.6) is 0 Å². The summed E-state index contributed by atoms with van der Waals surface area (Å²) in [6.45, 7) is 6.74. The van der Waals surface area contributed by atoms with Crippen LogP contribution in [0.4, 0.5) is 5.69 Å². The Bertz CT molecular complexity index is 393. The Morgan fingerprint density at radius 1 is 1.60 bits per heavy atom. The molecule has 0 aliphatic carbocycles. The summed E-state index contributed by atoms with van der Waals surface area (Å²) in [6.07, 6.45) is 2.80. The number of hydrogen-bond acceptors (Lipinski definition) is 2. The van der Waals surface area contributed by atoms with E-state index in [1.54, 1.807) is 18.3 Å². The predicted octanol–water partition coefficient (Wildman–Crippen LogP) is 3.57. The molecule has 0 aromatic heterocycles. The quantitative estimate of drug-likeness (QED) is 0.776. The lowest BCUT2D eigenvalue weighted by Gasteiger charge is -2.19. The fraction of sp³-hybridized carbons (Fsp3) is 0.250. The van der Waals surface area contributed by atoms with E-state index in [1.807, 2.05) is 17.0 Å². The highest BCUT2D eigenvalue weighted by Crippen LogP contribution is 2.23. The molecular formula is C12H13ClN2. The lowest BCUT2D eigenvalue weighted by Crippen LogP contribution is -2.16. The Labute approximate surface area is 95.4 Å². The molecule has 0 heterocycles. The summed E-state index contributed by atoms with van der Waals surface area (Å²) < 4.78 is 0. The summed E-state index contributed by atoms with van der Waals surface area (Å²) in [4.78, 5) is 2.01. The number of hydrogen-bond donors (Lipinski definition) is 0. The van der Waals surface area contributed by atoms with Gasteiger partial charge in [0.05, 0.1) is 10.6 Å². The van der Waals surface area contributed by atoms with Crippen molar-refractivity contribution in [1.82, 2.24) is 0 Å². The van der Waals surface area contributed by atoms with Crippen LogP contribution in [-0.4, -0.2) is 6.54 Å². The summed E-state index contributed by atoms with van der Waals surface area (Å²) in [5.74, 6) is 0. The minimum Gasteiger partial charge on any atom is -0.349 e. The maximum atomic E-state index is 8.74. The van der Waals surface area contributed by atoms with Gasteiger partial charge in [-0.2, -0.15) is 5.26 Å². The lowest BCUT2D eigenvalue weighted by atomic mass is 10.2. The molecule has 0 N–H and O–H groups in total. The molecule has 0 amide bonds. The van der Waals surface area contributed by atoms with E-state index < -0.39 is 0 Å². The summed E-state index contributed by atoms with van der Waals surface area (Å²) in [5.41, 5.74) is 1.47. The number of nitrogens with zero attached hydrogens (tertiary/aromatic N) is 2. The van der Waals surface area contributed by atoms with Gasteiger partial charge in [0.2, 0.25) is 0 Å². The fourth-order valence-electron chi connectivity index (χ4n) is 1.34. The molecule has 0 aliphatic rings. The molecule has 0 spiro atoms. The molecule has 0 saturated heterocycles. The molecule has 0 fully saturated rings.